The van der Waals surface area contributed by atoms with Gasteiger partial charge in [0.25, 0.3) is 0 Å². The first kappa shape index (κ1) is 27.3. The Kier molecular flexibility index (Phi) is 10.8. The lowest BCUT2D eigenvalue weighted by molar-refractivity contribution is 0.482. The predicted octanol–water partition coefficient (Wildman–Crippen LogP) is 8.98. The monoisotopic (exact) mass is 499 g/mol. The summed E-state index contributed by atoms with van der Waals surface area (Å²) in [6.45, 7) is 6.51. The maximum atomic E-state index is 6.24. The van der Waals surface area contributed by atoms with Crippen molar-refractivity contribution >= 4 is 34.9 Å². The molecule has 0 saturated heterocycles. The Hall–Kier alpha value is -3.31. The van der Waals surface area contributed by atoms with E-state index in [0.29, 0.717) is 5.92 Å². The van der Waals surface area contributed by atoms with E-state index >= 15 is 0 Å². The van der Waals surface area contributed by atoms with Crippen LogP contribution in [0.3, 0.4) is 0 Å². The van der Waals surface area contributed by atoms with Gasteiger partial charge in [0, 0.05) is 53.4 Å². The van der Waals surface area contributed by atoms with E-state index in [0.717, 1.165) is 47.0 Å². The molecule has 0 fully saturated rings. The molecule has 1 aromatic heterocycles. The number of nitrogens with one attached hydrogen (secondary N) is 1. The number of unbranched alkanes of at least 4 members (excludes halogenated alkanes) is 2. The number of thioether (sulfide) groups is 1. The smallest absolute Gasteiger partial charge is 0.131 e. The van der Waals surface area contributed by atoms with E-state index in [1.165, 1.54) is 16.9 Å². The molecule has 36 heavy (non-hydrogen) atoms. The van der Waals surface area contributed by atoms with Crippen molar-refractivity contribution in [2.24, 2.45) is 10.9 Å². The molecule has 0 unspecified atom stereocenters. The maximum Gasteiger partial charge on any atom is 0.131 e. The van der Waals surface area contributed by atoms with Crippen molar-refractivity contribution in [3.63, 3.8) is 0 Å². The Labute approximate surface area is 220 Å². The van der Waals surface area contributed by atoms with Gasteiger partial charge in [0.15, 0.2) is 0 Å². The average Bonchev–Trinajstić information content (AvgIpc) is 2.88. The number of benzene rings is 2. The molecule has 2 aromatic carbocycles. The molecule has 0 aliphatic heterocycles. The standard InChI is InChI=1S/C31H37N3OS/c1-6-7-8-15-30(24-11-9-14-29(19-24)36-5)34-26-12-10-13-27(20-26)35-28-16-17-33-31(21-28)25(22-32-4)18-23(2)3/h9-23,34H,6-8H2,1-5H3/b25-18+,30-15-,32-22?. The van der Waals surface area contributed by atoms with Crippen LogP contribution in [0.5, 0.6) is 11.5 Å². The summed E-state index contributed by atoms with van der Waals surface area (Å²) < 4.78 is 6.24. The van der Waals surface area contributed by atoms with Gasteiger partial charge in [0.1, 0.15) is 11.5 Å². The fourth-order valence-corrected chi connectivity index (χ4v) is 4.20. The van der Waals surface area contributed by atoms with Crippen LogP contribution in [0.4, 0.5) is 5.69 Å². The minimum atomic E-state index is 0.392. The molecule has 0 aliphatic rings. The second-order valence-corrected chi connectivity index (χ2v) is 9.76. The van der Waals surface area contributed by atoms with Crippen LogP contribution in [0.2, 0.25) is 0 Å². The molecule has 0 radical (unpaired) electrons. The quantitative estimate of drug-likeness (QED) is 0.153. The molecular weight excluding hydrogens is 462 g/mol. The number of pyridine rings is 1. The van der Waals surface area contributed by atoms with Gasteiger partial charge in [-0.05, 0) is 60.9 Å². The molecule has 0 atom stereocenters. The van der Waals surface area contributed by atoms with Crippen molar-refractivity contribution in [2.45, 2.75) is 44.9 Å². The number of ether oxygens (including phenoxy) is 1. The van der Waals surface area contributed by atoms with Gasteiger partial charge in [-0.1, -0.05) is 57.5 Å². The summed E-state index contributed by atoms with van der Waals surface area (Å²) in [5, 5.41) is 3.63. The number of hydrogen-bond acceptors (Lipinski definition) is 5. The lowest BCUT2D eigenvalue weighted by Gasteiger charge is -2.14. The van der Waals surface area contributed by atoms with Gasteiger partial charge >= 0.3 is 0 Å². The number of aromatic nitrogens is 1. The van der Waals surface area contributed by atoms with Crippen molar-refractivity contribution in [1.29, 1.82) is 0 Å². The lowest BCUT2D eigenvalue weighted by atomic mass is 10.1. The maximum absolute atomic E-state index is 6.24. The first-order chi connectivity index (χ1) is 17.5. The third-order valence-electron chi connectivity index (χ3n) is 5.44. The molecule has 0 bridgehead atoms. The summed E-state index contributed by atoms with van der Waals surface area (Å²) in [6, 6.07) is 20.6. The van der Waals surface area contributed by atoms with Gasteiger partial charge < -0.3 is 10.1 Å². The van der Waals surface area contributed by atoms with Crippen LogP contribution in [0.1, 0.15) is 51.3 Å². The second-order valence-electron chi connectivity index (χ2n) is 8.88. The lowest BCUT2D eigenvalue weighted by Crippen LogP contribution is -2.00. The van der Waals surface area contributed by atoms with Crippen molar-refractivity contribution < 1.29 is 4.74 Å². The minimum Gasteiger partial charge on any atom is -0.457 e. The van der Waals surface area contributed by atoms with E-state index in [4.69, 9.17) is 4.74 Å². The van der Waals surface area contributed by atoms with E-state index in [1.54, 1.807) is 25.0 Å². The van der Waals surface area contributed by atoms with Crippen molar-refractivity contribution in [1.82, 2.24) is 4.98 Å². The van der Waals surface area contributed by atoms with Crippen LogP contribution in [0.25, 0.3) is 11.3 Å². The summed E-state index contributed by atoms with van der Waals surface area (Å²) in [5.74, 6) is 1.90. The summed E-state index contributed by atoms with van der Waals surface area (Å²) in [7, 11) is 1.77. The van der Waals surface area contributed by atoms with Crippen LogP contribution in [0.15, 0.2) is 88.9 Å². The van der Waals surface area contributed by atoms with E-state index in [2.05, 4.69) is 84.8 Å². The minimum absolute atomic E-state index is 0.392. The molecule has 3 rings (SSSR count). The number of nitrogens with zero attached hydrogens (tertiary/aromatic N) is 2. The number of aliphatic imine (C=N–C) groups is 1. The largest absolute Gasteiger partial charge is 0.457 e. The molecule has 0 saturated carbocycles. The Bertz CT molecular complexity index is 1210. The van der Waals surface area contributed by atoms with Crippen LogP contribution in [-0.4, -0.2) is 24.5 Å². The normalized spacial score (nSPS) is 12.4. The highest BCUT2D eigenvalue weighted by molar-refractivity contribution is 7.98. The van der Waals surface area contributed by atoms with Gasteiger partial charge in [-0.2, -0.15) is 0 Å². The molecule has 3 aromatic rings. The average molecular weight is 500 g/mol. The molecule has 1 heterocycles. The molecule has 4 nitrogen and oxygen atoms in total. The zero-order valence-electron chi connectivity index (χ0n) is 22.0. The van der Waals surface area contributed by atoms with E-state index in [-0.39, 0.29) is 0 Å². The van der Waals surface area contributed by atoms with Crippen LogP contribution in [0, 0.1) is 5.92 Å². The Morgan fingerprint density at radius 2 is 1.89 bits per heavy atom. The van der Waals surface area contributed by atoms with Crippen molar-refractivity contribution in [3.05, 3.63) is 90.3 Å². The van der Waals surface area contributed by atoms with Crippen molar-refractivity contribution in [3.8, 4) is 11.5 Å². The highest BCUT2D eigenvalue weighted by Crippen LogP contribution is 2.29. The zero-order chi connectivity index (χ0) is 25.8. The number of anilines is 1. The molecule has 1 N–H and O–H groups in total. The van der Waals surface area contributed by atoms with Crippen LogP contribution < -0.4 is 10.1 Å². The summed E-state index contributed by atoms with van der Waals surface area (Å²) in [4.78, 5) is 9.97. The highest BCUT2D eigenvalue weighted by atomic mass is 32.2. The number of rotatable bonds is 12. The Morgan fingerprint density at radius 1 is 1.08 bits per heavy atom. The van der Waals surface area contributed by atoms with E-state index in [9.17, 15) is 0 Å². The highest BCUT2D eigenvalue weighted by Gasteiger charge is 2.08. The molecule has 0 amide bonds. The Balaban J connectivity index is 1.83. The molecule has 188 valence electrons. The molecule has 0 aliphatic carbocycles. The summed E-state index contributed by atoms with van der Waals surface area (Å²) in [6.07, 6.45) is 13.5. The number of hydrogen-bond donors (Lipinski definition) is 1. The zero-order valence-corrected chi connectivity index (χ0v) is 22.8. The van der Waals surface area contributed by atoms with Gasteiger partial charge in [0.05, 0.1) is 5.69 Å². The van der Waals surface area contributed by atoms with E-state index in [1.807, 2.05) is 36.5 Å². The van der Waals surface area contributed by atoms with Gasteiger partial charge in [-0.25, -0.2) is 0 Å². The van der Waals surface area contributed by atoms with Crippen LogP contribution in [-0.2, 0) is 0 Å². The Morgan fingerprint density at radius 3 is 2.64 bits per heavy atom. The third-order valence-corrected chi connectivity index (χ3v) is 6.17. The SMILES string of the molecule is CCCC/C=C(\Nc1cccc(Oc2ccnc(/C(C=NC)=C/C(C)C)c2)c1)c1cccc(SC)c1. The van der Waals surface area contributed by atoms with Gasteiger partial charge in [-0.15, -0.1) is 11.8 Å². The fourth-order valence-electron chi connectivity index (χ4n) is 3.74. The summed E-state index contributed by atoms with van der Waals surface area (Å²) in [5.41, 5.74) is 5.12. The van der Waals surface area contributed by atoms with Crippen molar-refractivity contribution in [2.75, 3.05) is 18.6 Å². The molecular formula is C31H37N3OS. The first-order valence-electron chi connectivity index (χ1n) is 12.5. The third kappa shape index (κ3) is 8.42. The fraction of sp³-hybridized carbons (Fsp3) is 0.290. The molecule has 0 spiro atoms. The summed E-state index contributed by atoms with van der Waals surface area (Å²) >= 11 is 1.76. The topological polar surface area (TPSA) is 46.5 Å². The first-order valence-corrected chi connectivity index (χ1v) is 13.7. The second kappa shape index (κ2) is 14.3. The number of allylic oxidation sites excluding steroid dienone is 3. The predicted molar refractivity (Wildman–Crippen MR) is 157 cm³/mol. The van der Waals surface area contributed by atoms with E-state index < -0.39 is 0 Å². The molecule has 5 heteroatoms. The van der Waals surface area contributed by atoms with Crippen LogP contribution >= 0.6 is 11.8 Å². The van der Waals surface area contributed by atoms with Gasteiger partial charge in [0.2, 0.25) is 0 Å². The van der Waals surface area contributed by atoms with Gasteiger partial charge in [-0.3, -0.25) is 9.98 Å².